The summed E-state index contributed by atoms with van der Waals surface area (Å²) in [6.45, 7) is 1.10. The number of hydrogen-bond donors (Lipinski definition) is 1. The van der Waals surface area contributed by atoms with Crippen molar-refractivity contribution < 1.29 is 4.79 Å². The molecule has 0 aromatic heterocycles. The van der Waals surface area contributed by atoms with Gasteiger partial charge in [0.05, 0.1) is 15.1 Å². The molecule has 2 rings (SSSR count). The van der Waals surface area contributed by atoms with Crippen LogP contribution in [0.2, 0.25) is 15.1 Å². The van der Waals surface area contributed by atoms with Gasteiger partial charge in [-0.3, -0.25) is 4.79 Å². The van der Waals surface area contributed by atoms with Crippen LogP contribution in [0, 0.1) is 5.92 Å². The highest BCUT2D eigenvalue weighted by Gasteiger charge is 2.30. The highest BCUT2D eigenvalue weighted by Crippen LogP contribution is 2.36. The van der Waals surface area contributed by atoms with E-state index in [0.717, 1.165) is 0 Å². The maximum atomic E-state index is 11.8. The van der Waals surface area contributed by atoms with E-state index in [0.29, 0.717) is 40.3 Å². The zero-order chi connectivity index (χ0) is 12.6. The van der Waals surface area contributed by atoms with Gasteiger partial charge in [0, 0.05) is 18.7 Å². The zero-order valence-corrected chi connectivity index (χ0v) is 11.2. The van der Waals surface area contributed by atoms with Gasteiger partial charge < -0.3 is 10.6 Å². The van der Waals surface area contributed by atoms with Gasteiger partial charge in [0.1, 0.15) is 0 Å². The van der Waals surface area contributed by atoms with Crippen LogP contribution in [0.5, 0.6) is 0 Å². The van der Waals surface area contributed by atoms with Crippen molar-refractivity contribution in [3.63, 3.8) is 0 Å². The number of halogens is 3. The van der Waals surface area contributed by atoms with Gasteiger partial charge in [0.2, 0.25) is 5.91 Å². The minimum atomic E-state index is 0.0369. The Kier molecular flexibility index (Phi) is 3.83. The second-order valence-electron chi connectivity index (χ2n) is 4.03. The van der Waals surface area contributed by atoms with Gasteiger partial charge in [-0.25, -0.2) is 0 Å². The van der Waals surface area contributed by atoms with Crippen molar-refractivity contribution in [1.82, 2.24) is 0 Å². The SMILES string of the molecule is NCC1CC(=O)N(c2cc(Cl)c(Cl)c(Cl)c2)C1. The third-order valence-electron chi connectivity index (χ3n) is 2.82. The molecular formula is C11H11Cl3N2O. The molecule has 1 aromatic rings. The molecule has 1 aromatic carbocycles. The number of carbonyl (C=O) groups is 1. The van der Waals surface area contributed by atoms with E-state index < -0.39 is 0 Å². The lowest BCUT2D eigenvalue weighted by molar-refractivity contribution is -0.117. The van der Waals surface area contributed by atoms with Crippen LogP contribution in [-0.4, -0.2) is 19.0 Å². The molecule has 0 spiro atoms. The predicted octanol–water partition coefficient (Wildman–Crippen LogP) is 2.96. The maximum Gasteiger partial charge on any atom is 0.227 e. The minimum absolute atomic E-state index is 0.0369. The van der Waals surface area contributed by atoms with Crippen LogP contribution in [0.1, 0.15) is 6.42 Å². The Bertz CT molecular complexity index is 441. The van der Waals surface area contributed by atoms with Crippen LogP contribution in [0.25, 0.3) is 0 Å². The molecule has 1 fully saturated rings. The molecule has 0 saturated carbocycles. The number of carbonyl (C=O) groups excluding carboxylic acids is 1. The molecule has 2 N–H and O–H groups in total. The molecule has 6 heteroatoms. The molecule has 0 bridgehead atoms. The van der Waals surface area contributed by atoms with Gasteiger partial charge in [0.15, 0.2) is 0 Å². The average molecular weight is 294 g/mol. The monoisotopic (exact) mass is 292 g/mol. The zero-order valence-electron chi connectivity index (χ0n) is 8.92. The first-order valence-electron chi connectivity index (χ1n) is 5.18. The molecule has 1 saturated heterocycles. The molecule has 1 heterocycles. The summed E-state index contributed by atoms with van der Waals surface area (Å²) in [5.41, 5.74) is 6.24. The lowest BCUT2D eigenvalue weighted by Gasteiger charge is -2.17. The van der Waals surface area contributed by atoms with E-state index in [4.69, 9.17) is 40.5 Å². The van der Waals surface area contributed by atoms with Gasteiger partial charge >= 0.3 is 0 Å². The third-order valence-corrected chi connectivity index (χ3v) is 4.02. The number of rotatable bonds is 2. The normalized spacial score (nSPS) is 20.1. The highest BCUT2D eigenvalue weighted by atomic mass is 35.5. The second-order valence-corrected chi connectivity index (χ2v) is 5.23. The van der Waals surface area contributed by atoms with E-state index in [2.05, 4.69) is 0 Å². The first-order chi connectivity index (χ1) is 8.02. The van der Waals surface area contributed by atoms with Gasteiger partial charge in [-0.1, -0.05) is 34.8 Å². The van der Waals surface area contributed by atoms with Gasteiger partial charge in [0.25, 0.3) is 0 Å². The Labute approximate surface area is 114 Å². The summed E-state index contributed by atoms with van der Waals surface area (Å²) < 4.78 is 0. The molecule has 0 aliphatic carbocycles. The smallest absolute Gasteiger partial charge is 0.227 e. The largest absolute Gasteiger partial charge is 0.330 e. The van der Waals surface area contributed by atoms with E-state index in [1.807, 2.05) is 0 Å². The Morgan fingerprint density at radius 3 is 2.35 bits per heavy atom. The van der Waals surface area contributed by atoms with Crippen molar-refractivity contribution in [3.05, 3.63) is 27.2 Å². The van der Waals surface area contributed by atoms with Gasteiger partial charge in [-0.2, -0.15) is 0 Å². The first-order valence-corrected chi connectivity index (χ1v) is 6.31. The van der Waals surface area contributed by atoms with E-state index >= 15 is 0 Å². The van der Waals surface area contributed by atoms with Crippen LogP contribution in [0.15, 0.2) is 12.1 Å². The summed E-state index contributed by atoms with van der Waals surface area (Å²) in [5.74, 6) is 0.227. The van der Waals surface area contributed by atoms with Crippen molar-refractivity contribution >= 4 is 46.4 Å². The summed E-state index contributed by atoms with van der Waals surface area (Å²) in [4.78, 5) is 13.4. The molecular weight excluding hydrogens is 282 g/mol. The maximum absolute atomic E-state index is 11.8. The number of nitrogens with zero attached hydrogens (tertiary/aromatic N) is 1. The molecule has 1 unspecified atom stereocenters. The van der Waals surface area contributed by atoms with Crippen LogP contribution >= 0.6 is 34.8 Å². The topological polar surface area (TPSA) is 46.3 Å². The molecule has 17 heavy (non-hydrogen) atoms. The first kappa shape index (κ1) is 13.0. The van der Waals surface area contributed by atoms with E-state index in [1.54, 1.807) is 17.0 Å². The fourth-order valence-electron chi connectivity index (χ4n) is 1.89. The third kappa shape index (κ3) is 2.52. The van der Waals surface area contributed by atoms with E-state index in [-0.39, 0.29) is 11.8 Å². The van der Waals surface area contributed by atoms with E-state index in [9.17, 15) is 4.79 Å². The van der Waals surface area contributed by atoms with Crippen molar-refractivity contribution in [1.29, 1.82) is 0 Å². The number of benzene rings is 1. The minimum Gasteiger partial charge on any atom is -0.330 e. The van der Waals surface area contributed by atoms with Crippen LogP contribution in [0.3, 0.4) is 0 Å². The fourth-order valence-corrected chi connectivity index (χ4v) is 2.47. The Balaban J connectivity index is 2.32. The number of anilines is 1. The molecule has 1 aliphatic rings. The number of hydrogen-bond acceptors (Lipinski definition) is 2. The lowest BCUT2D eigenvalue weighted by atomic mass is 10.1. The van der Waals surface area contributed by atoms with Crippen molar-refractivity contribution in [3.8, 4) is 0 Å². The van der Waals surface area contributed by atoms with E-state index in [1.165, 1.54) is 0 Å². The number of nitrogens with two attached hydrogens (primary N) is 1. The van der Waals surface area contributed by atoms with Crippen LogP contribution < -0.4 is 10.6 Å². The molecule has 92 valence electrons. The van der Waals surface area contributed by atoms with Gasteiger partial charge in [-0.15, -0.1) is 0 Å². The van der Waals surface area contributed by atoms with Crippen molar-refractivity contribution in [2.45, 2.75) is 6.42 Å². The van der Waals surface area contributed by atoms with Crippen molar-refractivity contribution in [2.75, 3.05) is 18.0 Å². The average Bonchev–Trinajstić information content (AvgIpc) is 2.67. The molecule has 1 atom stereocenters. The second kappa shape index (κ2) is 5.02. The molecule has 1 amide bonds. The summed E-state index contributed by atoms with van der Waals surface area (Å²) in [6.07, 6.45) is 0.467. The molecule has 3 nitrogen and oxygen atoms in total. The Hall–Kier alpha value is -0.480. The lowest BCUT2D eigenvalue weighted by Crippen LogP contribution is -2.25. The predicted molar refractivity (Wildman–Crippen MR) is 71.0 cm³/mol. The summed E-state index contributed by atoms with van der Waals surface area (Å²) in [7, 11) is 0. The highest BCUT2D eigenvalue weighted by molar-refractivity contribution is 6.48. The molecule has 0 radical (unpaired) electrons. The summed E-state index contributed by atoms with van der Waals surface area (Å²) in [6, 6.07) is 3.29. The summed E-state index contributed by atoms with van der Waals surface area (Å²) >= 11 is 17.7. The quantitative estimate of drug-likeness (QED) is 0.852. The number of amides is 1. The molecule has 1 aliphatic heterocycles. The summed E-state index contributed by atoms with van der Waals surface area (Å²) in [5, 5.41) is 0.996. The van der Waals surface area contributed by atoms with Crippen molar-refractivity contribution in [2.24, 2.45) is 11.7 Å². The van der Waals surface area contributed by atoms with Crippen LogP contribution in [-0.2, 0) is 4.79 Å². The standard InChI is InChI=1S/C11H11Cl3N2O/c12-8-2-7(3-9(13)11(8)14)16-5-6(4-15)1-10(16)17/h2-3,6H,1,4-5,15H2. The van der Waals surface area contributed by atoms with Gasteiger partial charge in [-0.05, 0) is 24.6 Å². The Morgan fingerprint density at radius 2 is 1.88 bits per heavy atom. The fraction of sp³-hybridized carbons (Fsp3) is 0.364. The Morgan fingerprint density at radius 1 is 1.29 bits per heavy atom. The van der Waals surface area contributed by atoms with Crippen LogP contribution in [0.4, 0.5) is 5.69 Å².